The van der Waals surface area contributed by atoms with Crippen molar-refractivity contribution in [3.05, 3.63) is 30.1 Å². The summed E-state index contributed by atoms with van der Waals surface area (Å²) in [7, 11) is 1.56. The van der Waals surface area contributed by atoms with Crippen LogP contribution in [0.15, 0.2) is 29.4 Å². The topological polar surface area (TPSA) is 87.6 Å². The zero-order valence-corrected chi connectivity index (χ0v) is 16.8. The molecule has 0 fully saturated rings. The normalized spacial score (nSPS) is 11.7. The largest absolute Gasteiger partial charge is 0.399 e. The van der Waals surface area contributed by atoms with Crippen LogP contribution < -0.4 is 5.73 Å². The third kappa shape index (κ3) is 4.48. The standard InChI is InChI=1S/C19H25N5O2.ClH/c1-4-26-12-16-22-17-18(24(16)11-7-8-13(2)23-25-3)14-9-5-6-10-15(14)21-19(17)20;/h5-6,9-10H,4,7-8,11-12H2,1-3H3,(H2,20,21);1H/b23-13+;. The molecule has 0 saturated heterocycles. The van der Waals surface area contributed by atoms with Crippen molar-refractivity contribution in [2.45, 2.75) is 39.8 Å². The van der Waals surface area contributed by atoms with Gasteiger partial charge in [-0.25, -0.2) is 9.97 Å². The predicted molar refractivity (Wildman–Crippen MR) is 111 cm³/mol. The molecule has 1 aromatic carbocycles. The van der Waals surface area contributed by atoms with Crippen LogP contribution in [0.4, 0.5) is 5.82 Å². The first kappa shape index (κ1) is 20.9. The van der Waals surface area contributed by atoms with E-state index in [1.807, 2.05) is 32.0 Å². The average Bonchev–Trinajstić information content (AvgIpc) is 3.00. The summed E-state index contributed by atoms with van der Waals surface area (Å²) in [6.07, 6.45) is 1.76. The number of anilines is 1. The van der Waals surface area contributed by atoms with E-state index in [0.29, 0.717) is 19.0 Å². The highest BCUT2D eigenvalue weighted by molar-refractivity contribution is 6.06. The number of aryl methyl sites for hydroxylation is 1. The Labute approximate surface area is 165 Å². The lowest BCUT2D eigenvalue weighted by atomic mass is 10.1. The number of nitrogens with two attached hydrogens (primary N) is 1. The van der Waals surface area contributed by atoms with E-state index in [-0.39, 0.29) is 12.4 Å². The smallest absolute Gasteiger partial charge is 0.152 e. The van der Waals surface area contributed by atoms with Crippen LogP contribution in [0.2, 0.25) is 0 Å². The van der Waals surface area contributed by atoms with Crippen molar-refractivity contribution in [1.29, 1.82) is 0 Å². The molecule has 7 nitrogen and oxygen atoms in total. The van der Waals surface area contributed by atoms with Crippen LogP contribution in [0.25, 0.3) is 21.9 Å². The van der Waals surface area contributed by atoms with Gasteiger partial charge in [0.05, 0.1) is 16.7 Å². The number of aromatic nitrogens is 3. The summed E-state index contributed by atoms with van der Waals surface area (Å²) >= 11 is 0. The molecule has 8 heteroatoms. The van der Waals surface area contributed by atoms with Crippen molar-refractivity contribution < 1.29 is 9.57 Å². The molecule has 0 atom stereocenters. The van der Waals surface area contributed by atoms with Crippen LogP contribution in [0, 0.1) is 0 Å². The van der Waals surface area contributed by atoms with Gasteiger partial charge in [0.15, 0.2) is 5.82 Å². The molecule has 0 radical (unpaired) electrons. The van der Waals surface area contributed by atoms with Crippen LogP contribution in [-0.4, -0.2) is 34.0 Å². The first-order chi connectivity index (χ1) is 12.7. The van der Waals surface area contributed by atoms with E-state index in [1.165, 1.54) is 0 Å². The van der Waals surface area contributed by atoms with Crippen LogP contribution in [-0.2, 0) is 22.7 Å². The number of hydrogen-bond donors (Lipinski definition) is 1. The molecule has 3 aromatic rings. The molecule has 0 aliphatic carbocycles. The molecule has 2 N–H and O–H groups in total. The highest BCUT2D eigenvalue weighted by Crippen LogP contribution is 2.29. The molecule has 0 bridgehead atoms. The summed E-state index contributed by atoms with van der Waals surface area (Å²) in [5, 5.41) is 5.03. The number of benzene rings is 1. The second kappa shape index (κ2) is 9.53. The van der Waals surface area contributed by atoms with Gasteiger partial charge in [0.25, 0.3) is 0 Å². The van der Waals surface area contributed by atoms with Gasteiger partial charge < -0.3 is 19.9 Å². The lowest BCUT2D eigenvalue weighted by molar-refractivity contribution is 0.126. The minimum Gasteiger partial charge on any atom is -0.399 e. The summed E-state index contributed by atoms with van der Waals surface area (Å²) in [5.41, 5.74) is 9.78. The number of oxime groups is 1. The van der Waals surface area contributed by atoms with Crippen molar-refractivity contribution >= 4 is 45.9 Å². The summed E-state index contributed by atoms with van der Waals surface area (Å²) in [4.78, 5) is 14.1. The number of nitrogen functional groups attached to an aromatic ring is 1. The zero-order valence-electron chi connectivity index (χ0n) is 15.9. The molecule has 0 aliphatic heterocycles. The van der Waals surface area contributed by atoms with Crippen LogP contribution in [0.3, 0.4) is 0 Å². The molecular formula is C19H26ClN5O2. The number of pyridine rings is 1. The maximum Gasteiger partial charge on any atom is 0.152 e. The Kier molecular flexibility index (Phi) is 7.38. The van der Waals surface area contributed by atoms with Gasteiger partial charge in [0, 0.05) is 18.5 Å². The molecule has 0 saturated carbocycles. The van der Waals surface area contributed by atoms with E-state index in [4.69, 9.17) is 20.3 Å². The van der Waals surface area contributed by atoms with Crippen molar-refractivity contribution in [1.82, 2.24) is 14.5 Å². The summed E-state index contributed by atoms with van der Waals surface area (Å²) < 4.78 is 7.82. The van der Waals surface area contributed by atoms with Gasteiger partial charge in [-0.2, -0.15) is 0 Å². The number of ether oxygens (including phenoxy) is 1. The van der Waals surface area contributed by atoms with Gasteiger partial charge in [-0.1, -0.05) is 23.4 Å². The van der Waals surface area contributed by atoms with Crippen molar-refractivity contribution in [3.63, 3.8) is 0 Å². The van der Waals surface area contributed by atoms with Gasteiger partial charge in [-0.05, 0) is 32.8 Å². The maximum absolute atomic E-state index is 6.19. The number of para-hydroxylation sites is 1. The van der Waals surface area contributed by atoms with Crippen LogP contribution >= 0.6 is 12.4 Å². The Balaban J connectivity index is 0.00000261. The van der Waals surface area contributed by atoms with Gasteiger partial charge in [-0.3, -0.25) is 0 Å². The highest BCUT2D eigenvalue weighted by atomic mass is 35.5. The average molecular weight is 392 g/mol. The van der Waals surface area contributed by atoms with Gasteiger partial charge >= 0.3 is 0 Å². The second-order valence-corrected chi connectivity index (χ2v) is 6.14. The molecule has 27 heavy (non-hydrogen) atoms. The van der Waals surface area contributed by atoms with E-state index < -0.39 is 0 Å². The predicted octanol–water partition coefficient (Wildman–Crippen LogP) is 3.93. The van der Waals surface area contributed by atoms with E-state index in [2.05, 4.69) is 20.8 Å². The molecule has 0 spiro atoms. The molecule has 3 rings (SSSR count). The van der Waals surface area contributed by atoms with Gasteiger partial charge in [-0.15, -0.1) is 12.4 Å². The minimum atomic E-state index is 0. The van der Waals surface area contributed by atoms with Gasteiger partial charge in [0.2, 0.25) is 0 Å². The number of rotatable bonds is 8. The highest BCUT2D eigenvalue weighted by Gasteiger charge is 2.17. The number of hydrogen-bond acceptors (Lipinski definition) is 6. The molecule has 0 aliphatic rings. The lowest BCUT2D eigenvalue weighted by Gasteiger charge is -2.11. The van der Waals surface area contributed by atoms with E-state index in [9.17, 15) is 0 Å². The summed E-state index contributed by atoms with van der Waals surface area (Å²) in [6.45, 7) is 5.82. The van der Waals surface area contributed by atoms with Gasteiger partial charge in [0.1, 0.15) is 25.1 Å². The molecular weight excluding hydrogens is 366 g/mol. The first-order valence-electron chi connectivity index (χ1n) is 8.83. The fraction of sp³-hybridized carbons (Fsp3) is 0.421. The van der Waals surface area contributed by atoms with E-state index in [0.717, 1.165) is 52.9 Å². The molecule has 2 heterocycles. The van der Waals surface area contributed by atoms with Crippen molar-refractivity contribution in [3.8, 4) is 0 Å². The van der Waals surface area contributed by atoms with E-state index in [1.54, 1.807) is 7.11 Å². The van der Waals surface area contributed by atoms with Crippen molar-refractivity contribution in [2.75, 3.05) is 19.5 Å². The molecule has 2 aromatic heterocycles. The molecule has 146 valence electrons. The van der Waals surface area contributed by atoms with Crippen LogP contribution in [0.5, 0.6) is 0 Å². The lowest BCUT2D eigenvalue weighted by Crippen LogP contribution is -2.07. The second-order valence-electron chi connectivity index (χ2n) is 6.14. The zero-order chi connectivity index (χ0) is 18.5. The van der Waals surface area contributed by atoms with E-state index >= 15 is 0 Å². The Morgan fingerprint density at radius 2 is 2.04 bits per heavy atom. The number of nitrogens with zero attached hydrogens (tertiary/aromatic N) is 4. The fourth-order valence-corrected chi connectivity index (χ4v) is 3.14. The maximum atomic E-state index is 6.19. The quantitative estimate of drug-likeness (QED) is 0.464. The molecule has 0 amide bonds. The third-order valence-electron chi connectivity index (χ3n) is 4.29. The monoisotopic (exact) mass is 391 g/mol. The van der Waals surface area contributed by atoms with Crippen LogP contribution in [0.1, 0.15) is 32.5 Å². The summed E-state index contributed by atoms with van der Waals surface area (Å²) in [5.74, 6) is 1.32. The Bertz CT molecular complexity index is 939. The minimum absolute atomic E-state index is 0. The number of halogens is 1. The Morgan fingerprint density at radius 1 is 1.26 bits per heavy atom. The Morgan fingerprint density at radius 3 is 2.78 bits per heavy atom. The summed E-state index contributed by atoms with van der Waals surface area (Å²) in [6, 6.07) is 8.01. The first-order valence-corrected chi connectivity index (χ1v) is 8.83. The molecule has 0 unspecified atom stereocenters. The van der Waals surface area contributed by atoms with Crippen molar-refractivity contribution in [2.24, 2.45) is 5.16 Å². The third-order valence-corrected chi connectivity index (χ3v) is 4.29. The number of fused-ring (bicyclic) bond motifs is 3. The fourth-order valence-electron chi connectivity index (χ4n) is 3.14. The number of imidazole rings is 1. The SMILES string of the molecule is CCOCc1nc2c(N)nc3ccccc3c2n1CCC/C(C)=N/OC.Cl. The Hall–Kier alpha value is -2.38.